The van der Waals surface area contributed by atoms with E-state index in [1.807, 2.05) is 42.9 Å². The molecule has 2 atom stereocenters. The topological polar surface area (TPSA) is 92.9 Å². The number of aliphatic hydroxyl groups is 1. The molecule has 0 bridgehead atoms. The van der Waals surface area contributed by atoms with Gasteiger partial charge in [0.05, 0.1) is 28.6 Å². The second-order valence-electron chi connectivity index (χ2n) is 7.68. The number of thiophene rings is 1. The van der Waals surface area contributed by atoms with E-state index in [2.05, 4.69) is 32.7 Å². The van der Waals surface area contributed by atoms with Gasteiger partial charge < -0.3 is 10.4 Å². The number of fused-ring (bicyclic) bond motifs is 1. The van der Waals surface area contributed by atoms with Crippen LogP contribution in [0.15, 0.2) is 48.0 Å². The van der Waals surface area contributed by atoms with Crippen LogP contribution in [0.3, 0.4) is 0 Å². The summed E-state index contributed by atoms with van der Waals surface area (Å²) in [7, 11) is 1.85. The van der Waals surface area contributed by atoms with Crippen molar-refractivity contribution >= 4 is 27.5 Å². The smallest absolute Gasteiger partial charge is 0.270 e. The quantitative estimate of drug-likeness (QED) is 0.519. The predicted molar refractivity (Wildman–Crippen MR) is 115 cm³/mol. The lowest BCUT2D eigenvalue weighted by Crippen LogP contribution is -2.50. The highest BCUT2D eigenvalue weighted by Crippen LogP contribution is 2.28. The number of aromatic nitrogens is 4. The number of hydrogen-bond acceptors (Lipinski definition) is 6. The molecule has 7 nitrogen and oxygen atoms in total. The Morgan fingerprint density at radius 2 is 2.10 bits per heavy atom. The lowest BCUT2D eigenvalue weighted by Gasteiger charge is -2.32. The second kappa shape index (κ2) is 7.62. The van der Waals surface area contributed by atoms with E-state index in [9.17, 15) is 9.90 Å². The lowest BCUT2D eigenvalue weighted by atomic mass is 9.89. The first kappa shape index (κ1) is 18.9. The van der Waals surface area contributed by atoms with Gasteiger partial charge in [-0.1, -0.05) is 29.5 Å². The molecule has 5 rings (SSSR count). The van der Waals surface area contributed by atoms with Gasteiger partial charge in [0, 0.05) is 12.6 Å². The molecular formula is C22H21N5O2S. The number of nitrogens with one attached hydrogen (secondary N) is 1. The summed E-state index contributed by atoms with van der Waals surface area (Å²) in [4.78, 5) is 17.2. The number of rotatable bonds is 5. The number of pyridine rings is 1. The molecule has 1 aliphatic carbocycles. The molecule has 0 saturated heterocycles. The van der Waals surface area contributed by atoms with E-state index in [0.29, 0.717) is 12.1 Å². The summed E-state index contributed by atoms with van der Waals surface area (Å²) in [6.45, 7) is 0. The summed E-state index contributed by atoms with van der Waals surface area (Å²) in [5.41, 5.74) is 5.29. The first-order chi connectivity index (χ1) is 14.6. The highest BCUT2D eigenvalue weighted by molar-refractivity contribution is 7.17. The predicted octanol–water partition coefficient (Wildman–Crippen LogP) is 2.94. The number of carbonyl (C=O) groups is 1. The van der Waals surface area contributed by atoms with Crippen molar-refractivity contribution in [2.24, 2.45) is 7.05 Å². The minimum absolute atomic E-state index is 0.172. The molecule has 4 aromatic rings. The molecule has 1 saturated carbocycles. The fourth-order valence-corrected chi connectivity index (χ4v) is 4.51. The lowest BCUT2D eigenvalue weighted by molar-refractivity contribution is 0.0446. The minimum Gasteiger partial charge on any atom is -0.391 e. The van der Waals surface area contributed by atoms with Gasteiger partial charge in [0.15, 0.2) is 0 Å². The molecule has 0 spiro atoms. The molecule has 0 radical (unpaired) electrons. The Morgan fingerprint density at radius 3 is 2.77 bits per heavy atom. The Balaban J connectivity index is 1.40. The SMILES string of the molecule is Cn1cc(-c2ccc(Cc3cc(C(=O)N[C@H]4CC[C@@H]4O)nc4ccsc34)cc2)nn1. The molecule has 2 N–H and O–H groups in total. The maximum Gasteiger partial charge on any atom is 0.270 e. The monoisotopic (exact) mass is 419 g/mol. The van der Waals surface area contributed by atoms with Crippen LogP contribution in [0.4, 0.5) is 0 Å². The van der Waals surface area contributed by atoms with Crippen LogP contribution in [-0.2, 0) is 13.5 Å². The first-order valence-corrected chi connectivity index (χ1v) is 10.8. The second-order valence-corrected chi connectivity index (χ2v) is 8.59. The largest absolute Gasteiger partial charge is 0.391 e. The number of hydrogen-bond donors (Lipinski definition) is 2. The molecule has 3 heterocycles. The van der Waals surface area contributed by atoms with E-state index in [1.54, 1.807) is 16.0 Å². The van der Waals surface area contributed by atoms with Crippen molar-refractivity contribution < 1.29 is 9.90 Å². The maximum atomic E-state index is 12.7. The summed E-state index contributed by atoms with van der Waals surface area (Å²) < 4.78 is 2.77. The van der Waals surface area contributed by atoms with Gasteiger partial charge in [-0.05, 0) is 47.9 Å². The number of carbonyl (C=O) groups excluding carboxylic acids is 1. The fourth-order valence-electron chi connectivity index (χ4n) is 3.66. The van der Waals surface area contributed by atoms with Gasteiger partial charge in [0.1, 0.15) is 11.4 Å². The molecule has 1 aliphatic rings. The van der Waals surface area contributed by atoms with Crippen molar-refractivity contribution in [1.29, 1.82) is 0 Å². The minimum atomic E-state index is -0.453. The first-order valence-electron chi connectivity index (χ1n) is 9.88. The van der Waals surface area contributed by atoms with Gasteiger partial charge in [-0.2, -0.15) is 0 Å². The Labute approximate surface area is 177 Å². The summed E-state index contributed by atoms with van der Waals surface area (Å²) in [5, 5.41) is 22.8. The summed E-state index contributed by atoms with van der Waals surface area (Å²) in [6, 6.07) is 11.9. The van der Waals surface area contributed by atoms with Crippen molar-refractivity contribution in [3.63, 3.8) is 0 Å². The third-order valence-corrected chi connectivity index (χ3v) is 6.50. The van der Waals surface area contributed by atoms with Crippen LogP contribution in [-0.4, -0.2) is 43.1 Å². The molecule has 1 fully saturated rings. The van der Waals surface area contributed by atoms with E-state index in [-0.39, 0.29) is 11.9 Å². The van der Waals surface area contributed by atoms with Crippen LogP contribution in [0.25, 0.3) is 21.5 Å². The number of amides is 1. The van der Waals surface area contributed by atoms with Crippen LogP contribution in [0, 0.1) is 0 Å². The molecule has 1 amide bonds. The molecule has 0 unspecified atom stereocenters. The molecule has 0 aliphatic heterocycles. The number of nitrogens with zero attached hydrogens (tertiary/aromatic N) is 4. The van der Waals surface area contributed by atoms with Crippen molar-refractivity contribution in [1.82, 2.24) is 25.3 Å². The van der Waals surface area contributed by atoms with Crippen molar-refractivity contribution in [2.45, 2.75) is 31.4 Å². The maximum absolute atomic E-state index is 12.7. The molecule has 8 heteroatoms. The number of aliphatic hydroxyl groups excluding tert-OH is 1. The Hall–Kier alpha value is -3.10. The molecule has 30 heavy (non-hydrogen) atoms. The fraction of sp³-hybridized carbons (Fsp3) is 0.273. The van der Waals surface area contributed by atoms with Gasteiger partial charge in [-0.3, -0.25) is 9.48 Å². The van der Waals surface area contributed by atoms with E-state index in [1.165, 1.54) is 0 Å². The van der Waals surface area contributed by atoms with E-state index in [0.717, 1.165) is 45.4 Å². The summed E-state index contributed by atoms with van der Waals surface area (Å²) in [5.74, 6) is -0.230. The van der Waals surface area contributed by atoms with Crippen LogP contribution in [0.1, 0.15) is 34.5 Å². The average Bonchev–Trinajstić information content (AvgIpc) is 3.40. The van der Waals surface area contributed by atoms with Crippen molar-refractivity contribution in [3.05, 3.63) is 64.8 Å². The highest BCUT2D eigenvalue weighted by atomic mass is 32.1. The zero-order valence-corrected chi connectivity index (χ0v) is 17.3. The van der Waals surface area contributed by atoms with Gasteiger partial charge in [-0.15, -0.1) is 16.4 Å². The van der Waals surface area contributed by atoms with Crippen LogP contribution in [0.5, 0.6) is 0 Å². The summed E-state index contributed by atoms with van der Waals surface area (Å²) >= 11 is 1.63. The molecule has 1 aromatic carbocycles. The molecule has 3 aromatic heterocycles. The normalized spacial score (nSPS) is 18.3. The zero-order chi connectivity index (χ0) is 20.7. The van der Waals surface area contributed by atoms with Crippen LogP contribution in [0.2, 0.25) is 0 Å². The Kier molecular flexibility index (Phi) is 4.80. The molecular weight excluding hydrogens is 398 g/mol. The molecule has 152 valence electrons. The Bertz CT molecular complexity index is 1210. The van der Waals surface area contributed by atoms with Gasteiger partial charge in [0.25, 0.3) is 5.91 Å². The third-order valence-electron chi connectivity index (χ3n) is 5.52. The van der Waals surface area contributed by atoms with Crippen molar-refractivity contribution in [2.75, 3.05) is 0 Å². The third kappa shape index (κ3) is 3.59. The number of benzene rings is 1. The van der Waals surface area contributed by atoms with E-state index in [4.69, 9.17) is 0 Å². The van der Waals surface area contributed by atoms with E-state index < -0.39 is 6.10 Å². The average molecular weight is 420 g/mol. The highest BCUT2D eigenvalue weighted by Gasteiger charge is 2.30. The summed E-state index contributed by atoms with van der Waals surface area (Å²) in [6.07, 6.45) is 3.67. The van der Waals surface area contributed by atoms with Crippen LogP contribution >= 0.6 is 11.3 Å². The van der Waals surface area contributed by atoms with Gasteiger partial charge >= 0.3 is 0 Å². The Morgan fingerprint density at radius 1 is 1.27 bits per heavy atom. The van der Waals surface area contributed by atoms with Crippen LogP contribution < -0.4 is 5.32 Å². The zero-order valence-electron chi connectivity index (χ0n) is 16.4. The van der Waals surface area contributed by atoms with Gasteiger partial charge in [-0.25, -0.2) is 4.98 Å². The standard InChI is InChI=1S/C22H21N5O2S/c1-27-12-19(25-26-27)14-4-2-13(3-5-14)10-15-11-18(23-17-8-9-30-21(15)17)22(29)24-16-6-7-20(16)28/h2-5,8-9,11-12,16,20,28H,6-7,10H2,1H3,(H,24,29)/t16-,20-/m0/s1. The van der Waals surface area contributed by atoms with Gasteiger partial charge in [0.2, 0.25) is 0 Å². The van der Waals surface area contributed by atoms with E-state index >= 15 is 0 Å². The number of aryl methyl sites for hydroxylation is 1. The van der Waals surface area contributed by atoms with Crippen molar-refractivity contribution in [3.8, 4) is 11.3 Å².